The molecule has 0 aliphatic heterocycles. The number of carbonyl (C=O) groups excluding carboxylic acids is 1. The summed E-state index contributed by atoms with van der Waals surface area (Å²) in [7, 11) is -3.58. The minimum absolute atomic E-state index is 0.314. The van der Waals surface area contributed by atoms with E-state index >= 15 is 0 Å². The first-order valence-corrected chi connectivity index (χ1v) is 9.85. The van der Waals surface area contributed by atoms with Crippen molar-refractivity contribution in [1.82, 2.24) is 0 Å². The minimum Gasteiger partial charge on any atom is -0.324 e. The maximum atomic E-state index is 12.2. The average Bonchev–Trinajstić information content (AvgIpc) is 2.45. The van der Waals surface area contributed by atoms with E-state index in [2.05, 4.69) is 27.9 Å². The largest absolute Gasteiger partial charge is 0.324 e. The van der Waals surface area contributed by atoms with Crippen LogP contribution in [0.3, 0.4) is 0 Å². The van der Waals surface area contributed by atoms with Crippen LogP contribution in [0.5, 0.6) is 0 Å². The third kappa shape index (κ3) is 5.36. The summed E-state index contributed by atoms with van der Waals surface area (Å²) in [6.45, 7) is -0.314. The standard InChI is InChI=1S/C15H14ClIN2O3S/c1-23(21,22)19(14-7-5-12(17)6-8-14)10-15(20)18-13-4-2-3-11(16)9-13/h2-9H,10H2,1H3,(H,18,20). The fourth-order valence-electron chi connectivity index (χ4n) is 1.90. The Labute approximate surface area is 153 Å². The topological polar surface area (TPSA) is 66.5 Å². The predicted octanol–water partition coefficient (Wildman–Crippen LogP) is 3.35. The Kier molecular flexibility index (Phi) is 5.88. The van der Waals surface area contributed by atoms with Crippen LogP contribution in [0.1, 0.15) is 0 Å². The van der Waals surface area contributed by atoms with Gasteiger partial charge in [0.15, 0.2) is 0 Å². The molecular weight excluding hydrogens is 451 g/mol. The molecule has 0 fully saturated rings. The van der Waals surface area contributed by atoms with Crippen LogP contribution < -0.4 is 9.62 Å². The highest BCUT2D eigenvalue weighted by Crippen LogP contribution is 2.20. The average molecular weight is 465 g/mol. The number of nitrogens with one attached hydrogen (secondary N) is 1. The molecule has 0 aromatic heterocycles. The van der Waals surface area contributed by atoms with Gasteiger partial charge in [0.25, 0.3) is 0 Å². The summed E-state index contributed by atoms with van der Waals surface area (Å²) in [4.78, 5) is 12.2. The van der Waals surface area contributed by atoms with E-state index in [0.717, 1.165) is 14.1 Å². The van der Waals surface area contributed by atoms with Gasteiger partial charge >= 0.3 is 0 Å². The third-order valence-electron chi connectivity index (χ3n) is 2.91. The molecular formula is C15H14ClIN2O3S. The van der Waals surface area contributed by atoms with Crippen LogP contribution >= 0.6 is 34.2 Å². The number of rotatable bonds is 5. The summed E-state index contributed by atoms with van der Waals surface area (Å²) in [5.41, 5.74) is 0.952. The Balaban J connectivity index is 2.18. The van der Waals surface area contributed by atoms with E-state index < -0.39 is 15.9 Å². The number of benzene rings is 2. The number of anilines is 2. The van der Waals surface area contributed by atoms with E-state index in [1.807, 2.05) is 0 Å². The van der Waals surface area contributed by atoms with Crippen LogP contribution in [0.15, 0.2) is 48.5 Å². The normalized spacial score (nSPS) is 11.1. The first kappa shape index (κ1) is 18.0. The van der Waals surface area contributed by atoms with E-state index in [4.69, 9.17) is 11.6 Å². The molecule has 2 rings (SSSR count). The molecule has 8 heteroatoms. The molecule has 0 heterocycles. The van der Waals surface area contributed by atoms with E-state index in [1.54, 1.807) is 48.5 Å². The lowest BCUT2D eigenvalue weighted by molar-refractivity contribution is -0.114. The van der Waals surface area contributed by atoms with Gasteiger partial charge in [-0.1, -0.05) is 17.7 Å². The molecule has 0 unspecified atom stereocenters. The van der Waals surface area contributed by atoms with Crippen LogP contribution in [-0.4, -0.2) is 27.1 Å². The van der Waals surface area contributed by atoms with Crippen LogP contribution in [0.25, 0.3) is 0 Å². The molecule has 0 spiro atoms. The second kappa shape index (κ2) is 7.50. The number of sulfonamides is 1. The molecule has 0 aliphatic carbocycles. The zero-order chi connectivity index (χ0) is 17.0. The number of hydrogen-bond donors (Lipinski definition) is 1. The molecule has 1 N–H and O–H groups in total. The fraction of sp³-hybridized carbons (Fsp3) is 0.133. The van der Waals surface area contributed by atoms with E-state index in [1.165, 1.54) is 0 Å². The number of carbonyl (C=O) groups is 1. The van der Waals surface area contributed by atoms with E-state index in [9.17, 15) is 13.2 Å². The fourth-order valence-corrected chi connectivity index (χ4v) is 3.31. The Morgan fingerprint density at radius 3 is 2.43 bits per heavy atom. The molecule has 0 aliphatic rings. The lowest BCUT2D eigenvalue weighted by Gasteiger charge is -2.22. The molecule has 2 aromatic rings. The Hall–Kier alpha value is -1.32. The van der Waals surface area contributed by atoms with Gasteiger partial charge in [0.1, 0.15) is 6.54 Å². The van der Waals surface area contributed by atoms with Crippen molar-refractivity contribution in [3.8, 4) is 0 Å². The van der Waals surface area contributed by atoms with Gasteiger partial charge in [0.05, 0.1) is 11.9 Å². The zero-order valence-corrected chi connectivity index (χ0v) is 15.9. The number of amides is 1. The van der Waals surface area contributed by atoms with Gasteiger partial charge in [-0.05, 0) is 65.1 Å². The summed E-state index contributed by atoms with van der Waals surface area (Å²) >= 11 is 7.98. The molecule has 23 heavy (non-hydrogen) atoms. The van der Waals surface area contributed by atoms with Crippen molar-refractivity contribution in [1.29, 1.82) is 0 Å². The minimum atomic E-state index is -3.58. The number of hydrogen-bond acceptors (Lipinski definition) is 3. The summed E-state index contributed by atoms with van der Waals surface area (Å²) in [6.07, 6.45) is 1.07. The molecule has 0 radical (unpaired) electrons. The Morgan fingerprint density at radius 1 is 1.22 bits per heavy atom. The highest BCUT2D eigenvalue weighted by molar-refractivity contribution is 14.1. The van der Waals surface area contributed by atoms with Crippen LogP contribution in [0.2, 0.25) is 5.02 Å². The van der Waals surface area contributed by atoms with Gasteiger partial charge in [0, 0.05) is 14.3 Å². The van der Waals surface area contributed by atoms with Gasteiger partial charge in [-0.15, -0.1) is 0 Å². The van der Waals surface area contributed by atoms with Gasteiger partial charge in [-0.2, -0.15) is 0 Å². The number of nitrogens with zero attached hydrogens (tertiary/aromatic N) is 1. The monoisotopic (exact) mass is 464 g/mol. The zero-order valence-electron chi connectivity index (χ0n) is 12.2. The lowest BCUT2D eigenvalue weighted by Crippen LogP contribution is -2.37. The van der Waals surface area contributed by atoms with Crippen molar-refractivity contribution in [2.45, 2.75) is 0 Å². The third-order valence-corrected chi connectivity index (χ3v) is 5.01. The van der Waals surface area contributed by atoms with Crippen molar-refractivity contribution in [2.75, 3.05) is 22.4 Å². The molecule has 5 nitrogen and oxygen atoms in total. The van der Waals surface area contributed by atoms with Crippen LogP contribution in [-0.2, 0) is 14.8 Å². The van der Waals surface area contributed by atoms with Gasteiger partial charge in [-0.3, -0.25) is 9.10 Å². The smallest absolute Gasteiger partial charge is 0.245 e. The second-order valence-electron chi connectivity index (χ2n) is 4.80. The highest BCUT2D eigenvalue weighted by Gasteiger charge is 2.20. The Morgan fingerprint density at radius 2 is 1.87 bits per heavy atom. The van der Waals surface area contributed by atoms with Gasteiger partial charge in [-0.25, -0.2) is 8.42 Å². The first-order chi connectivity index (χ1) is 10.8. The van der Waals surface area contributed by atoms with Crippen molar-refractivity contribution >= 4 is 61.5 Å². The van der Waals surface area contributed by atoms with Crippen LogP contribution in [0.4, 0.5) is 11.4 Å². The first-order valence-electron chi connectivity index (χ1n) is 6.54. The maximum absolute atomic E-state index is 12.2. The molecule has 0 saturated heterocycles. The summed E-state index contributed by atoms with van der Waals surface area (Å²) < 4.78 is 26.0. The number of halogens is 2. The molecule has 0 saturated carbocycles. The van der Waals surface area contributed by atoms with E-state index in [0.29, 0.717) is 16.4 Å². The predicted molar refractivity (Wildman–Crippen MR) is 101 cm³/mol. The molecule has 0 atom stereocenters. The van der Waals surface area contributed by atoms with Crippen molar-refractivity contribution in [3.05, 3.63) is 57.1 Å². The molecule has 122 valence electrons. The SMILES string of the molecule is CS(=O)(=O)N(CC(=O)Nc1cccc(Cl)c1)c1ccc(I)cc1. The molecule has 2 aromatic carbocycles. The summed E-state index contributed by atoms with van der Waals surface area (Å²) in [5.74, 6) is -0.448. The van der Waals surface area contributed by atoms with Crippen LogP contribution in [0, 0.1) is 3.57 Å². The van der Waals surface area contributed by atoms with Crippen molar-refractivity contribution in [2.24, 2.45) is 0 Å². The lowest BCUT2D eigenvalue weighted by atomic mass is 10.3. The van der Waals surface area contributed by atoms with Gasteiger partial charge in [0.2, 0.25) is 15.9 Å². The quantitative estimate of drug-likeness (QED) is 0.690. The van der Waals surface area contributed by atoms with Crippen molar-refractivity contribution < 1.29 is 13.2 Å². The van der Waals surface area contributed by atoms with Crippen molar-refractivity contribution in [3.63, 3.8) is 0 Å². The molecule has 0 bridgehead atoms. The summed E-state index contributed by atoms with van der Waals surface area (Å²) in [6, 6.07) is 13.5. The summed E-state index contributed by atoms with van der Waals surface area (Å²) in [5, 5.41) is 3.12. The Bertz CT molecular complexity index is 810. The van der Waals surface area contributed by atoms with E-state index in [-0.39, 0.29) is 6.54 Å². The molecule has 1 amide bonds. The van der Waals surface area contributed by atoms with Gasteiger partial charge < -0.3 is 5.32 Å². The maximum Gasteiger partial charge on any atom is 0.245 e. The highest BCUT2D eigenvalue weighted by atomic mass is 127. The second-order valence-corrected chi connectivity index (χ2v) is 8.39.